The highest BCUT2D eigenvalue weighted by atomic mass is 16.6. The molecule has 4 aromatic rings. The number of rotatable bonds is 7. The molecule has 1 saturated carbocycles. The van der Waals surface area contributed by atoms with Gasteiger partial charge in [-0.1, -0.05) is 49.6 Å². The van der Waals surface area contributed by atoms with Crippen LogP contribution in [0.5, 0.6) is 0 Å². The fourth-order valence-corrected chi connectivity index (χ4v) is 5.74. The van der Waals surface area contributed by atoms with Gasteiger partial charge < -0.3 is 9.84 Å². The summed E-state index contributed by atoms with van der Waals surface area (Å²) in [6, 6.07) is 12.3. The molecule has 7 heteroatoms. The van der Waals surface area contributed by atoms with E-state index in [1.807, 2.05) is 57.4 Å². The number of nitrogens with zero attached hydrogens (tertiary/aromatic N) is 3. The molecule has 5 rings (SSSR count). The van der Waals surface area contributed by atoms with Gasteiger partial charge >= 0.3 is 6.09 Å². The molecule has 0 radical (unpaired) electrons. The minimum absolute atomic E-state index is 0.206. The number of carbonyl (C=O) groups excluding carboxylic acids is 1. The van der Waals surface area contributed by atoms with Gasteiger partial charge in [0.15, 0.2) is 5.65 Å². The second-order valence-corrected chi connectivity index (χ2v) is 11.1. The van der Waals surface area contributed by atoms with E-state index in [9.17, 15) is 4.79 Å². The van der Waals surface area contributed by atoms with Gasteiger partial charge in [-0.15, -0.1) is 0 Å². The smallest absolute Gasteiger partial charge is 0.411 e. The third kappa shape index (κ3) is 5.11. The first-order valence-electron chi connectivity index (χ1n) is 13.2. The molecule has 3 heterocycles. The van der Waals surface area contributed by atoms with Crippen LogP contribution in [-0.4, -0.2) is 42.3 Å². The highest BCUT2D eigenvalue weighted by Crippen LogP contribution is 2.40. The lowest BCUT2D eigenvalue weighted by atomic mass is 9.76. The highest BCUT2D eigenvalue weighted by Gasteiger charge is 2.42. The fraction of sp³-hybridized carbons (Fsp3) is 0.483. The van der Waals surface area contributed by atoms with Crippen molar-refractivity contribution in [2.45, 2.75) is 89.8 Å². The zero-order valence-corrected chi connectivity index (χ0v) is 21.6. The average molecular weight is 488 g/mol. The van der Waals surface area contributed by atoms with Crippen molar-refractivity contribution in [2.75, 3.05) is 0 Å². The van der Waals surface area contributed by atoms with Gasteiger partial charge in [0.05, 0.1) is 11.7 Å². The minimum atomic E-state index is -0.534. The van der Waals surface area contributed by atoms with Crippen molar-refractivity contribution in [1.29, 1.82) is 0 Å². The summed E-state index contributed by atoms with van der Waals surface area (Å²) in [4.78, 5) is 24.5. The molecule has 190 valence electrons. The highest BCUT2D eigenvalue weighted by molar-refractivity contribution is 6.04. The zero-order chi connectivity index (χ0) is 25.2. The predicted molar refractivity (Wildman–Crippen MR) is 143 cm³/mol. The number of carbonyl (C=O) groups is 1. The average Bonchev–Trinajstić information content (AvgIpc) is 3.49. The first-order chi connectivity index (χ1) is 17.3. The molecular formula is C29H37N5O2. The monoisotopic (exact) mass is 487 g/mol. The Morgan fingerprint density at radius 3 is 2.58 bits per heavy atom. The van der Waals surface area contributed by atoms with Crippen molar-refractivity contribution >= 4 is 28.0 Å². The predicted octanol–water partition coefficient (Wildman–Crippen LogP) is 6.90. The van der Waals surface area contributed by atoms with Crippen molar-refractivity contribution in [1.82, 2.24) is 25.1 Å². The van der Waals surface area contributed by atoms with Crippen LogP contribution in [-0.2, 0) is 17.7 Å². The van der Waals surface area contributed by atoms with E-state index in [0.717, 1.165) is 67.1 Å². The maximum absolute atomic E-state index is 13.6. The lowest BCUT2D eigenvalue weighted by Crippen LogP contribution is -2.53. The number of hydrogen-bond acceptors (Lipinski definition) is 4. The summed E-state index contributed by atoms with van der Waals surface area (Å²) in [6.45, 7) is 6.40. The maximum Gasteiger partial charge on any atom is 0.411 e. The molecule has 36 heavy (non-hydrogen) atoms. The first kappa shape index (κ1) is 24.3. The van der Waals surface area contributed by atoms with E-state index in [0.29, 0.717) is 6.54 Å². The van der Waals surface area contributed by atoms with E-state index in [4.69, 9.17) is 4.74 Å². The van der Waals surface area contributed by atoms with Gasteiger partial charge in [0, 0.05) is 34.7 Å². The molecule has 1 aliphatic rings. The normalized spacial score (nSPS) is 15.9. The number of pyridine rings is 1. The maximum atomic E-state index is 13.6. The molecular weight excluding hydrogens is 450 g/mol. The number of H-pyrrole nitrogens is 2. The quantitative estimate of drug-likeness (QED) is 0.297. The molecule has 1 amide bonds. The van der Waals surface area contributed by atoms with Crippen molar-refractivity contribution in [3.05, 3.63) is 60.0 Å². The Bertz CT molecular complexity index is 1310. The Labute approximate surface area is 212 Å². The molecule has 2 N–H and O–H groups in total. The van der Waals surface area contributed by atoms with Crippen LogP contribution < -0.4 is 0 Å². The molecule has 1 aliphatic carbocycles. The van der Waals surface area contributed by atoms with E-state index in [1.54, 1.807) is 0 Å². The summed E-state index contributed by atoms with van der Waals surface area (Å²) >= 11 is 0. The van der Waals surface area contributed by atoms with Gasteiger partial charge in [-0.25, -0.2) is 14.8 Å². The second kappa shape index (κ2) is 9.96. The van der Waals surface area contributed by atoms with Gasteiger partial charge in [0.2, 0.25) is 0 Å². The largest absolute Gasteiger partial charge is 0.444 e. The SMILES string of the molecule is CC(C)(C)OC(=O)N(Cc1ccccc1)C1(CCCc2[nH][nH]c3cnc4nccc4c23)CCCCC1. The molecule has 1 aromatic carbocycles. The summed E-state index contributed by atoms with van der Waals surface area (Å²) in [5.41, 5.74) is 3.34. The number of hydrogen-bond donors (Lipinski definition) is 2. The molecule has 0 saturated heterocycles. The Balaban J connectivity index is 1.41. The molecule has 0 spiro atoms. The number of aromatic nitrogens is 4. The van der Waals surface area contributed by atoms with E-state index in [1.165, 1.54) is 17.5 Å². The van der Waals surface area contributed by atoms with E-state index < -0.39 is 5.60 Å². The number of amides is 1. The summed E-state index contributed by atoms with van der Waals surface area (Å²) in [5.74, 6) is 0. The van der Waals surface area contributed by atoms with Crippen molar-refractivity contribution < 1.29 is 9.53 Å². The second-order valence-electron chi connectivity index (χ2n) is 11.1. The minimum Gasteiger partial charge on any atom is -0.444 e. The van der Waals surface area contributed by atoms with Crippen LogP contribution in [0.2, 0.25) is 0 Å². The Morgan fingerprint density at radius 1 is 1.06 bits per heavy atom. The molecule has 0 atom stereocenters. The third-order valence-electron chi connectivity index (χ3n) is 7.41. The fourth-order valence-electron chi connectivity index (χ4n) is 5.74. The van der Waals surface area contributed by atoms with Gasteiger partial charge in [-0.05, 0) is 64.5 Å². The van der Waals surface area contributed by atoms with E-state index in [-0.39, 0.29) is 11.6 Å². The van der Waals surface area contributed by atoms with Gasteiger partial charge in [-0.2, -0.15) is 0 Å². The van der Waals surface area contributed by atoms with Crippen LogP contribution in [0, 0.1) is 0 Å². The van der Waals surface area contributed by atoms with Gasteiger partial charge in [-0.3, -0.25) is 10.00 Å². The summed E-state index contributed by atoms with van der Waals surface area (Å²) < 4.78 is 5.96. The number of nitrogens with one attached hydrogen (secondary N) is 2. The topological polar surface area (TPSA) is 86.9 Å². The lowest BCUT2D eigenvalue weighted by Gasteiger charge is -2.47. The first-order valence-corrected chi connectivity index (χ1v) is 13.2. The van der Waals surface area contributed by atoms with Crippen LogP contribution in [0.1, 0.15) is 77.0 Å². The van der Waals surface area contributed by atoms with Crippen LogP contribution in [0.15, 0.2) is 48.8 Å². The summed E-state index contributed by atoms with van der Waals surface area (Å²) in [7, 11) is 0. The molecule has 3 aromatic heterocycles. The van der Waals surface area contributed by atoms with E-state index in [2.05, 4.69) is 37.2 Å². The van der Waals surface area contributed by atoms with Crippen molar-refractivity contribution in [3.63, 3.8) is 0 Å². The summed E-state index contributed by atoms with van der Waals surface area (Å²) in [6.07, 6.45) is 11.8. The molecule has 0 bridgehead atoms. The Hall–Kier alpha value is -3.35. The molecule has 0 aliphatic heterocycles. The number of aromatic amines is 2. The number of ether oxygens (including phenoxy) is 1. The van der Waals surface area contributed by atoms with Crippen LogP contribution >= 0.6 is 0 Å². The number of fused-ring (bicyclic) bond motifs is 3. The Morgan fingerprint density at radius 2 is 1.83 bits per heavy atom. The number of aryl methyl sites for hydroxylation is 1. The van der Waals surface area contributed by atoms with Gasteiger partial charge in [0.25, 0.3) is 0 Å². The molecule has 7 nitrogen and oxygen atoms in total. The van der Waals surface area contributed by atoms with Crippen LogP contribution in [0.3, 0.4) is 0 Å². The standard InChI is InChI=1S/C29H37N5O2/c1-28(2,3)36-27(35)34(20-21-11-6-4-7-12-21)29(15-8-5-9-16-29)17-10-13-23-25-22-14-18-30-26(22)31-19-24(25)33-32-23/h4,6-7,11-12,14,18-19,32-33H,5,8-10,13,15-17,20H2,1-3H3. The van der Waals surface area contributed by atoms with Crippen molar-refractivity contribution in [2.24, 2.45) is 0 Å². The van der Waals surface area contributed by atoms with E-state index >= 15 is 0 Å². The number of benzene rings is 1. The molecule has 0 unspecified atom stereocenters. The molecule has 1 fully saturated rings. The third-order valence-corrected chi connectivity index (χ3v) is 7.41. The Kier molecular flexibility index (Phi) is 6.73. The summed E-state index contributed by atoms with van der Waals surface area (Å²) in [5, 5.41) is 8.88. The van der Waals surface area contributed by atoms with Gasteiger partial charge in [0.1, 0.15) is 5.60 Å². The van der Waals surface area contributed by atoms with Crippen LogP contribution in [0.4, 0.5) is 4.79 Å². The lowest BCUT2D eigenvalue weighted by molar-refractivity contribution is -0.0203. The zero-order valence-electron chi connectivity index (χ0n) is 21.6. The van der Waals surface area contributed by atoms with Crippen LogP contribution in [0.25, 0.3) is 21.9 Å². The van der Waals surface area contributed by atoms with Crippen molar-refractivity contribution in [3.8, 4) is 0 Å².